The van der Waals surface area contributed by atoms with Gasteiger partial charge in [-0.25, -0.2) is 4.39 Å². The molecule has 1 aliphatic heterocycles. The number of ether oxygens (including phenoxy) is 2. The van der Waals surface area contributed by atoms with Gasteiger partial charge in [-0.1, -0.05) is 30.9 Å². The molecule has 0 spiro atoms. The molecule has 0 radical (unpaired) electrons. The van der Waals surface area contributed by atoms with Gasteiger partial charge in [-0.05, 0) is 54.8 Å². The van der Waals surface area contributed by atoms with Gasteiger partial charge >= 0.3 is 0 Å². The zero-order valence-corrected chi connectivity index (χ0v) is 19.6. The minimum absolute atomic E-state index is 0.170. The van der Waals surface area contributed by atoms with E-state index in [4.69, 9.17) is 9.47 Å². The average Bonchev–Trinajstić information content (AvgIpc) is 3.23. The summed E-state index contributed by atoms with van der Waals surface area (Å²) in [5.41, 5.74) is 4.05. The maximum absolute atomic E-state index is 13.0. The number of benzene rings is 1. The number of aryl methyl sites for hydroxylation is 1. The topological polar surface area (TPSA) is 58.9 Å². The number of rotatable bonds is 8. The van der Waals surface area contributed by atoms with E-state index in [1.54, 1.807) is 24.5 Å². The van der Waals surface area contributed by atoms with Crippen LogP contribution in [0.2, 0.25) is 0 Å². The lowest BCUT2D eigenvalue weighted by atomic mass is 9.90. The van der Waals surface area contributed by atoms with Gasteiger partial charge in [0.1, 0.15) is 5.83 Å². The molecule has 4 nitrogen and oxygen atoms in total. The zero-order valence-electron chi connectivity index (χ0n) is 18.8. The first kappa shape index (κ1) is 24.6. The highest BCUT2D eigenvalue weighted by Crippen LogP contribution is 2.39. The Balaban J connectivity index is 1.87. The highest BCUT2D eigenvalue weighted by Gasteiger charge is 2.43. The van der Waals surface area contributed by atoms with E-state index in [1.165, 1.54) is 11.0 Å². The van der Waals surface area contributed by atoms with Crippen molar-refractivity contribution in [2.45, 2.75) is 51.1 Å². The van der Waals surface area contributed by atoms with Crippen molar-refractivity contribution in [1.29, 1.82) is 0 Å². The van der Waals surface area contributed by atoms with Gasteiger partial charge in [-0.3, -0.25) is 0 Å². The first-order valence-corrected chi connectivity index (χ1v) is 11.5. The molecule has 3 atom stereocenters. The number of allylic oxidation sites excluding steroid dienone is 5. The Morgan fingerprint density at radius 3 is 2.78 bits per heavy atom. The fourth-order valence-corrected chi connectivity index (χ4v) is 5.11. The lowest BCUT2D eigenvalue weighted by molar-refractivity contribution is -0.298. The summed E-state index contributed by atoms with van der Waals surface area (Å²) in [6, 6.07) is 10.2. The summed E-state index contributed by atoms with van der Waals surface area (Å²) in [6.07, 6.45) is 5.38. The molecule has 32 heavy (non-hydrogen) atoms. The van der Waals surface area contributed by atoms with Crippen molar-refractivity contribution in [2.75, 3.05) is 13.7 Å². The maximum atomic E-state index is 13.0. The van der Waals surface area contributed by atoms with Gasteiger partial charge in [0.05, 0.1) is 18.8 Å². The largest absolute Gasteiger partial charge is 0.394 e. The van der Waals surface area contributed by atoms with Crippen molar-refractivity contribution in [1.82, 2.24) is 0 Å². The molecule has 1 aromatic carbocycles. The molecule has 1 saturated heterocycles. The van der Waals surface area contributed by atoms with Crippen LogP contribution in [0.1, 0.15) is 46.2 Å². The van der Waals surface area contributed by atoms with Gasteiger partial charge in [-0.15, -0.1) is 11.3 Å². The zero-order chi connectivity index (χ0) is 23.3. The molecule has 3 unspecified atom stereocenters. The highest BCUT2D eigenvalue weighted by molar-refractivity contribution is 7.13. The van der Waals surface area contributed by atoms with Gasteiger partial charge in [0.25, 0.3) is 0 Å². The van der Waals surface area contributed by atoms with Crippen LogP contribution in [0.3, 0.4) is 0 Å². The van der Waals surface area contributed by atoms with Gasteiger partial charge in [0.2, 0.25) is 0 Å². The second kappa shape index (κ2) is 10.7. The van der Waals surface area contributed by atoms with Crippen LogP contribution >= 0.6 is 11.3 Å². The van der Waals surface area contributed by atoms with E-state index in [9.17, 15) is 14.6 Å². The molecule has 2 heterocycles. The van der Waals surface area contributed by atoms with Crippen molar-refractivity contribution in [3.63, 3.8) is 0 Å². The molecular weight excluding hydrogens is 427 g/mol. The Morgan fingerprint density at radius 2 is 2.12 bits per heavy atom. The van der Waals surface area contributed by atoms with Crippen LogP contribution in [0, 0.1) is 6.92 Å². The first-order valence-electron chi connectivity index (χ1n) is 10.7. The fourth-order valence-electron chi connectivity index (χ4n) is 4.02. The molecule has 0 bridgehead atoms. The second-order valence-corrected chi connectivity index (χ2v) is 9.25. The summed E-state index contributed by atoms with van der Waals surface area (Å²) in [5, 5.41) is 19.9. The summed E-state index contributed by atoms with van der Waals surface area (Å²) >= 11 is 1.66. The molecular formula is C26H31FO4S. The van der Waals surface area contributed by atoms with E-state index in [2.05, 4.69) is 25.6 Å². The van der Waals surface area contributed by atoms with Crippen molar-refractivity contribution in [3.8, 4) is 0 Å². The molecule has 0 aliphatic carbocycles. The molecule has 6 heteroatoms. The fraction of sp³-hybridized carbons (Fsp3) is 0.385. The Bertz CT molecular complexity index is 1010. The van der Waals surface area contributed by atoms with Gasteiger partial charge in [0.15, 0.2) is 5.79 Å². The summed E-state index contributed by atoms with van der Waals surface area (Å²) in [5.74, 6) is -1.56. The first-order chi connectivity index (χ1) is 15.3. The Kier molecular flexibility index (Phi) is 8.20. The summed E-state index contributed by atoms with van der Waals surface area (Å²) in [6.45, 7) is 7.09. The van der Waals surface area contributed by atoms with Crippen LogP contribution in [0.15, 0.2) is 61.0 Å². The number of methoxy groups -OCH3 is 1. The third-order valence-corrected chi connectivity index (χ3v) is 6.92. The normalized spacial score (nSPS) is 24.2. The molecule has 0 saturated carbocycles. The molecule has 2 aromatic rings. The maximum Gasteiger partial charge on any atom is 0.197 e. The lowest BCUT2D eigenvalue weighted by Crippen LogP contribution is -2.46. The number of hydrogen-bond acceptors (Lipinski definition) is 5. The van der Waals surface area contributed by atoms with Gasteiger partial charge in [-0.2, -0.15) is 0 Å². The van der Waals surface area contributed by atoms with E-state index < -0.39 is 23.8 Å². The Labute approximate surface area is 193 Å². The van der Waals surface area contributed by atoms with E-state index in [-0.39, 0.29) is 6.61 Å². The van der Waals surface area contributed by atoms with Crippen LogP contribution < -0.4 is 0 Å². The summed E-state index contributed by atoms with van der Waals surface area (Å²) in [4.78, 5) is 2.24. The van der Waals surface area contributed by atoms with Crippen LogP contribution in [0.5, 0.6) is 0 Å². The standard InChI is InChI=1S/C26H31FO4S/c1-5-19(8-7-18(3)27)25-11-10-24(32-25)13-20-12-21(9-6-17(20)2)26(30-4)15-22(29)14-23(16-28)31-26/h5-12,22-23,28-29H,3,13-16H2,1-2,4H3/b8-7-,19-5?. The van der Waals surface area contributed by atoms with E-state index in [1.807, 2.05) is 31.2 Å². The van der Waals surface area contributed by atoms with Gasteiger partial charge < -0.3 is 19.7 Å². The molecule has 0 amide bonds. The molecule has 1 aliphatic rings. The minimum atomic E-state index is -1.09. The highest BCUT2D eigenvalue weighted by atomic mass is 32.1. The number of aliphatic hydroxyl groups is 2. The Morgan fingerprint density at radius 1 is 1.34 bits per heavy atom. The van der Waals surface area contributed by atoms with E-state index >= 15 is 0 Å². The van der Waals surface area contributed by atoms with Crippen molar-refractivity contribution in [2.24, 2.45) is 0 Å². The van der Waals surface area contributed by atoms with E-state index in [0.29, 0.717) is 12.8 Å². The predicted molar refractivity (Wildman–Crippen MR) is 127 cm³/mol. The molecule has 1 fully saturated rings. The van der Waals surface area contributed by atoms with Crippen LogP contribution in [-0.4, -0.2) is 36.1 Å². The predicted octanol–water partition coefficient (Wildman–Crippen LogP) is 5.42. The average molecular weight is 459 g/mol. The number of hydrogen-bond donors (Lipinski definition) is 2. The van der Waals surface area contributed by atoms with Gasteiger partial charge in [0, 0.05) is 41.7 Å². The number of aliphatic hydroxyl groups excluding tert-OH is 2. The molecule has 172 valence electrons. The quantitative estimate of drug-likeness (QED) is 0.519. The summed E-state index contributed by atoms with van der Waals surface area (Å²) in [7, 11) is 1.57. The molecule has 1 aromatic heterocycles. The molecule has 2 N–H and O–H groups in total. The van der Waals surface area contributed by atoms with E-state index in [0.717, 1.165) is 33.6 Å². The van der Waals surface area contributed by atoms with Crippen molar-refractivity contribution < 1.29 is 24.1 Å². The number of thiophene rings is 1. The SMILES string of the molecule is C=C(F)/C=C\C(=CC)c1ccc(Cc2cc(C3(OC)CC(O)CC(CO)O3)ccc2C)s1. The van der Waals surface area contributed by atoms with Crippen molar-refractivity contribution >= 4 is 16.9 Å². The molecule has 3 rings (SSSR count). The summed E-state index contributed by atoms with van der Waals surface area (Å²) < 4.78 is 24.9. The lowest BCUT2D eigenvalue weighted by Gasteiger charge is -2.42. The monoisotopic (exact) mass is 458 g/mol. The van der Waals surface area contributed by atoms with Crippen LogP contribution in [-0.2, 0) is 21.7 Å². The third-order valence-electron chi connectivity index (χ3n) is 5.78. The second-order valence-electron chi connectivity index (χ2n) is 8.08. The third kappa shape index (κ3) is 5.63. The number of halogens is 1. The van der Waals surface area contributed by atoms with Crippen molar-refractivity contribution in [3.05, 3.63) is 87.4 Å². The van der Waals surface area contributed by atoms with Crippen LogP contribution in [0.4, 0.5) is 4.39 Å². The smallest absolute Gasteiger partial charge is 0.197 e. The Hall–Kier alpha value is -2.09. The van der Waals surface area contributed by atoms with Crippen LogP contribution in [0.25, 0.3) is 5.57 Å². The minimum Gasteiger partial charge on any atom is -0.394 e.